The summed E-state index contributed by atoms with van der Waals surface area (Å²) in [5.41, 5.74) is 3.21. The Balaban J connectivity index is 1.51. The number of carbonyl (C=O) groups excluding carboxylic acids is 1. The van der Waals surface area contributed by atoms with Crippen LogP contribution in [-0.4, -0.2) is 50.3 Å². The predicted octanol–water partition coefficient (Wildman–Crippen LogP) is 3.16. The van der Waals surface area contributed by atoms with Crippen molar-refractivity contribution in [2.75, 3.05) is 26.7 Å². The fourth-order valence-electron chi connectivity index (χ4n) is 3.19. The van der Waals surface area contributed by atoms with E-state index in [1.54, 1.807) is 13.1 Å². The molecule has 2 aromatic carbocycles. The van der Waals surface area contributed by atoms with Crippen LogP contribution in [0.2, 0.25) is 0 Å². The van der Waals surface area contributed by atoms with Gasteiger partial charge < -0.3 is 4.90 Å². The van der Waals surface area contributed by atoms with Crippen LogP contribution in [0.4, 0.5) is 13.2 Å². The molecule has 0 spiro atoms. The number of likely N-dealkylation sites (N-methyl/N-ethyl adjacent to an activating group) is 1. The molecule has 0 saturated carbocycles. The zero-order chi connectivity index (χ0) is 24.1. The van der Waals surface area contributed by atoms with Gasteiger partial charge in [0.15, 0.2) is 6.61 Å². The van der Waals surface area contributed by atoms with Crippen molar-refractivity contribution in [1.82, 2.24) is 14.7 Å². The van der Waals surface area contributed by atoms with Crippen molar-refractivity contribution in [2.24, 2.45) is 0 Å². The third kappa shape index (κ3) is 6.56. The van der Waals surface area contributed by atoms with Crippen LogP contribution in [0.1, 0.15) is 17.5 Å². The number of hydrogen-bond donors (Lipinski definition) is 1. The summed E-state index contributed by atoms with van der Waals surface area (Å²) < 4.78 is 65.3. The van der Waals surface area contributed by atoms with Gasteiger partial charge >= 0.3 is 6.18 Å². The molecule has 0 fully saturated rings. The van der Waals surface area contributed by atoms with Crippen LogP contribution in [-0.2, 0) is 32.4 Å². The molecule has 0 bridgehead atoms. The van der Waals surface area contributed by atoms with Crippen molar-refractivity contribution in [3.63, 3.8) is 0 Å². The van der Waals surface area contributed by atoms with Gasteiger partial charge in [-0.05, 0) is 29.8 Å². The molecule has 0 aromatic heterocycles. The highest BCUT2D eigenvalue weighted by Crippen LogP contribution is 2.31. The molecule has 3 rings (SSSR count). The second-order valence-electron chi connectivity index (χ2n) is 7.49. The molecule has 1 aliphatic rings. The monoisotopic (exact) mass is 483 g/mol. The number of amides is 1. The van der Waals surface area contributed by atoms with Crippen molar-refractivity contribution in [3.05, 3.63) is 77.5 Å². The maximum Gasteiger partial charge on any atom is 0.416 e. The maximum absolute atomic E-state index is 12.9. The highest BCUT2D eigenvalue weighted by molar-refractivity contribution is 7.89. The Morgan fingerprint density at radius 1 is 1.15 bits per heavy atom. The summed E-state index contributed by atoms with van der Waals surface area (Å²) >= 11 is 0. The quantitative estimate of drug-likeness (QED) is 0.584. The Hall–Kier alpha value is -2.89. The SMILES string of the molecule is CN(Cc1ccccc1)C(=O)CONC1=CCN(S(=O)(=O)c2cccc(C(F)(F)F)c2)CC1. The van der Waals surface area contributed by atoms with Crippen LogP contribution in [0.3, 0.4) is 0 Å². The van der Waals surface area contributed by atoms with Gasteiger partial charge in [-0.1, -0.05) is 36.4 Å². The molecule has 0 aliphatic carbocycles. The van der Waals surface area contributed by atoms with Crippen LogP contribution in [0, 0.1) is 0 Å². The van der Waals surface area contributed by atoms with Crippen molar-refractivity contribution >= 4 is 15.9 Å². The van der Waals surface area contributed by atoms with E-state index in [4.69, 9.17) is 4.84 Å². The van der Waals surface area contributed by atoms with Crippen molar-refractivity contribution in [3.8, 4) is 0 Å². The van der Waals surface area contributed by atoms with E-state index in [1.165, 1.54) is 4.90 Å². The van der Waals surface area contributed by atoms with Gasteiger partial charge in [0.2, 0.25) is 10.0 Å². The lowest BCUT2D eigenvalue weighted by Gasteiger charge is -2.26. The van der Waals surface area contributed by atoms with Crippen molar-refractivity contribution < 1.29 is 31.2 Å². The number of alkyl halides is 3. The standard InChI is InChI=1S/C22H24F3N3O4S/c1-27(15-17-6-3-2-4-7-17)21(29)16-32-26-19-10-12-28(13-11-19)33(30,31)20-9-5-8-18(14-20)22(23,24)25/h2-10,14,26H,11-13,15-16H2,1H3. The third-order valence-corrected chi connectivity index (χ3v) is 6.92. The minimum absolute atomic E-state index is 0.0356. The van der Waals surface area contributed by atoms with Crippen LogP contribution in [0.25, 0.3) is 0 Å². The van der Waals surface area contributed by atoms with E-state index in [2.05, 4.69) is 5.48 Å². The van der Waals surface area contributed by atoms with Crippen LogP contribution in [0.15, 0.2) is 71.3 Å². The zero-order valence-electron chi connectivity index (χ0n) is 17.9. The van der Waals surface area contributed by atoms with Gasteiger partial charge in [0.25, 0.3) is 5.91 Å². The van der Waals surface area contributed by atoms with Gasteiger partial charge in [-0.2, -0.15) is 17.5 Å². The molecule has 7 nitrogen and oxygen atoms in total. The fourth-order valence-corrected chi connectivity index (χ4v) is 4.62. The molecule has 33 heavy (non-hydrogen) atoms. The molecule has 0 unspecified atom stereocenters. The van der Waals surface area contributed by atoms with Crippen molar-refractivity contribution in [2.45, 2.75) is 24.0 Å². The van der Waals surface area contributed by atoms with Gasteiger partial charge in [0.1, 0.15) is 0 Å². The number of hydrogen-bond acceptors (Lipinski definition) is 5. The second-order valence-corrected chi connectivity index (χ2v) is 9.43. The predicted molar refractivity (Wildman–Crippen MR) is 115 cm³/mol. The molecule has 1 N–H and O–H groups in total. The van der Waals surface area contributed by atoms with E-state index in [0.717, 1.165) is 28.1 Å². The average molecular weight is 484 g/mol. The normalized spacial score (nSPS) is 15.1. The Morgan fingerprint density at radius 2 is 1.88 bits per heavy atom. The van der Waals surface area contributed by atoms with Gasteiger partial charge in [0.05, 0.1) is 10.5 Å². The fraction of sp³-hybridized carbons (Fsp3) is 0.318. The lowest BCUT2D eigenvalue weighted by atomic mass is 10.2. The largest absolute Gasteiger partial charge is 0.416 e. The highest BCUT2D eigenvalue weighted by Gasteiger charge is 2.33. The molecule has 1 amide bonds. The number of halogens is 3. The lowest BCUT2D eigenvalue weighted by molar-refractivity contribution is -0.138. The van der Waals surface area contributed by atoms with Crippen molar-refractivity contribution in [1.29, 1.82) is 0 Å². The molecular formula is C22H24F3N3O4S. The summed E-state index contributed by atoms with van der Waals surface area (Å²) in [6.07, 6.45) is -2.81. The minimum atomic E-state index is -4.63. The smallest absolute Gasteiger partial charge is 0.339 e. The Bertz CT molecular complexity index is 1110. The number of nitrogens with zero attached hydrogens (tertiary/aromatic N) is 2. The lowest BCUT2D eigenvalue weighted by Crippen LogP contribution is -2.37. The van der Waals surface area contributed by atoms with E-state index < -0.39 is 26.7 Å². The molecule has 1 heterocycles. The number of benzene rings is 2. The molecular weight excluding hydrogens is 459 g/mol. The van der Waals surface area contributed by atoms with Gasteiger partial charge in [-0.3, -0.25) is 15.1 Å². The first-order valence-corrected chi connectivity index (χ1v) is 11.5. The summed E-state index contributed by atoms with van der Waals surface area (Å²) in [4.78, 5) is 18.6. The molecule has 178 valence electrons. The average Bonchev–Trinajstić information content (AvgIpc) is 2.79. The summed E-state index contributed by atoms with van der Waals surface area (Å²) in [5.74, 6) is -0.239. The molecule has 0 atom stereocenters. The van der Waals surface area contributed by atoms with Crippen LogP contribution < -0.4 is 5.48 Å². The second kappa shape index (κ2) is 10.4. The first-order chi connectivity index (χ1) is 15.6. The first kappa shape index (κ1) is 24.7. The molecule has 1 aliphatic heterocycles. The summed E-state index contributed by atoms with van der Waals surface area (Å²) in [6.45, 7) is 0.246. The van der Waals surface area contributed by atoms with E-state index in [9.17, 15) is 26.4 Å². The van der Waals surface area contributed by atoms with Crippen LogP contribution in [0.5, 0.6) is 0 Å². The van der Waals surface area contributed by atoms with E-state index in [1.807, 2.05) is 30.3 Å². The van der Waals surface area contributed by atoms with Gasteiger partial charge in [0, 0.05) is 38.8 Å². The van der Waals surface area contributed by atoms with Crippen LogP contribution >= 0.6 is 0 Å². The Labute approximate surface area is 190 Å². The number of sulfonamides is 1. The minimum Gasteiger partial charge on any atom is -0.339 e. The maximum atomic E-state index is 12.9. The number of nitrogens with one attached hydrogen (secondary N) is 1. The zero-order valence-corrected chi connectivity index (χ0v) is 18.7. The molecule has 11 heteroatoms. The Kier molecular flexibility index (Phi) is 7.77. The summed E-state index contributed by atoms with van der Waals surface area (Å²) in [5, 5.41) is 0. The molecule has 2 aromatic rings. The van der Waals surface area contributed by atoms with Gasteiger partial charge in [-0.25, -0.2) is 8.42 Å². The number of rotatable bonds is 8. The van der Waals surface area contributed by atoms with E-state index >= 15 is 0 Å². The van der Waals surface area contributed by atoms with Gasteiger partial charge in [-0.15, -0.1) is 0 Å². The van der Waals surface area contributed by atoms with E-state index in [0.29, 0.717) is 18.3 Å². The molecule has 0 saturated heterocycles. The van der Waals surface area contributed by atoms with E-state index in [-0.39, 0.29) is 32.0 Å². The number of hydroxylamine groups is 1. The summed E-state index contributed by atoms with van der Waals surface area (Å²) in [7, 11) is -2.42. The third-order valence-electron chi connectivity index (χ3n) is 5.06. The Morgan fingerprint density at radius 3 is 2.52 bits per heavy atom. The highest BCUT2D eigenvalue weighted by atomic mass is 32.2. The molecule has 0 radical (unpaired) electrons. The number of carbonyl (C=O) groups is 1. The topological polar surface area (TPSA) is 79.0 Å². The summed E-state index contributed by atoms with van der Waals surface area (Å²) in [6, 6.07) is 13.2. The first-order valence-electron chi connectivity index (χ1n) is 10.1.